The van der Waals surface area contributed by atoms with E-state index in [1.54, 1.807) is 0 Å². The minimum Gasteiger partial charge on any atom is -0.334 e. The second-order valence-electron chi connectivity index (χ2n) is 7.78. The molecular weight excluding hydrogens is 362 g/mol. The van der Waals surface area contributed by atoms with Gasteiger partial charge in [0.2, 0.25) is 5.91 Å². The molecule has 3 heterocycles. The third-order valence-corrected chi connectivity index (χ3v) is 5.83. The number of benzene rings is 2. The van der Waals surface area contributed by atoms with E-state index in [0.29, 0.717) is 6.54 Å². The number of hydrogen-bond acceptors (Lipinski definition) is 4. The van der Waals surface area contributed by atoms with Gasteiger partial charge in [-0.3, -0.25) is 10.2 Å². The van der Waals surface area contributed by atoms with E-state index in [4.69, 9.17) is 4.98 Å². The Labute approximate surface area is 170 Å². The summed E-state index contributed by atoms with van der Waals surface area (Å²) in [5.41, 5.74) is 10.3. The predicted molar refractivity (Wildman–Crippen MR) is 113 cm³/mol. The third kappa shape index (κ3) is 3.69. The maximum absolute atomic E-state index is 12.9. The summed E-state index contributed by atoms with van der Waals surface area (Å²) in [4.78, 5) is 17.7. The zero-order valence-electron chi connectivity index (χ0n) is 16.3. The van der Waals surface area contributed by atoms with Gasteiger partial charge in [-0.25, -0.2) is 10.4 Å². The molecule has 2 aromatic carbocycles. The Kier molecular flexibility index (Phi) is 4.87. The highest BCUT2D eigenvalue weighted by Crippen LogP contribution is 2.27. The highest BCUT2D eigenvalue weighted by Gasteiger charge is 2.33. The first-order valence-electron chi connectivity index (χ1n) is 10.3. The average molecular weight is 387 g/mol. The molecule has 1 saturated heterocycles. The highest BCUT2D eigenvalue weighted by molar-refractivity contribution is 5.93. The lowest BCUT2D eigenvalue weighted by molar-refractivity contribution is -0.119. The van der Waals surface area contributed by atoms with Crippen molar-refractivity contribution in [1.82, 2.24) is 20.4 Å². The molecule has 0 saturated carbocycles. The van der Waals surface area contributed by atoms with Crippen LogP contribution >= 0.6 is 0 Å². The molecule has 0 radical (unpaired) electrons. The number of carbonyl (C=O) groups excluding carboxylic acids is 1. The highest BCUT2D eigenvalue weighted by atomic mass is 16.2. The average Bonchev–Trinajstić information content (AvgIpc) is 3.42. The fraction of sp³-hybridized carbons (Fsp3) is 0.304. The zero-order valence-corrected chi connectivity index (χ0v) is 16.3. The maximum Gasteiger partial charge on any atom is 0.230 e. The Balaban J connectivity index is 1.28. The van der Waals surface area contributed by atoms with Crippen molar-refractivity contribution in [2.45, 2.75) is 31.8 Å². The van der Waals surface area contributed by atoms with Crippen LogP contribution in [0.25, 0.3) is 11.3 Å². The van der Waals surface area contributed by atoms with E-state index in [2.05, 4.69) is 26.9 Å². The van der Waals surface area contributed by atoms with Gasteiger partial charge in [-0.1, -0.05) is 42.5 Å². The van der Waals surface area contributed by atoms with Gasteiger partial charge in [-0.15, -0.1) is 0 Å². The van der Waals surface area contributed by atoms with Crippen LogP contribution in [-0.4, -0.2) is 22.0 Å². The van der Waals surface area contributed by atoms with E-state index in [0.717, 1.165) is 35.5 Å². The molecule has 1 aromatic heterocycles. The Morgan fingerprint density at radius 3 is 2.69 bits per heavy atom. The molecule has 148 valence electrons. The zero-order chi connectivity index (χ0) is 19.6. The van der Waals surface area contributed by atoms with Gasteiger partial charge in [0.05, 0.1) is 17.7 Å². The van der Waals surface area contributed by atoms with E-state index in [1.807, 2.05) is 54.6 Å². The molecule has 1 fully saturated rings. The number of anilines is 1. The van der Waals surface area contributed by atoms with E-state index >= 15 is 0 Å². The number of hydrazine groups is 1. The van der Waals surface area contributed by atoms with E-state index < -0.39 is 0 Å². The third-order valence-electron chi connectivity index (χ3n) is 5.83. The Bertz CT molecular complexity index is 972. The SMILES string of the molecule is O=C(Nc1ccc(-c2cn3c(n2)CCCC3)cc1)C1CNNC1c1ccccc1. The van der Waals surface area contributed by atoms with Gasteiger partial charge in [0.15, 0.2) is 0 Å². The fourth-order valence-corrected chi connectivity index (χ4v) is 4.23. The largest absolute Gasteiger partial charge is 0.334 e. The van der Waals surface area contributed by atoms with Gasteiger partial charge in [0.25, 0.3) is 0 Å². The summed E-state index contributed by atoms with van der Waals surface area (Å²) in [6, 6.07) is 18.0. The number of aryl methyl sites for hydroxylation is 2. The van der Waals surface area contributed by atoms with Crippen LogP contribution in [0.1, 0.15) is 30.3 Å². The first-order chi connectivity index (χ1) is 14.3. The summed E-state index contributed by atoms with van der Waals surface area (Å²) in [5, 5.41) is 3.07. The molecule has 5 rings (SSSR count). The maximum atomic E-state index is 12.9. The summed E-state index contributed by atoms with van der Waals surface area (Å²) in [7, 11) is 0. The topological polar surface area (TPSA) is 71.0 Å². The Hall–Kier alpha value is -2.96. The summed E-state index contributed by atoms with van der Waals surface area (Å²) >= 11 is 0. The lowest BCUT2D eigenvalue weighted by Gasteiger charge is -2.18. The van der Waals surface area contributed by atoms with Crippen LogP contribution in [0.2, 0.25) is 0 Å². The second-order valence-corrected chi connectivity index (χ2v) is 7.78. The summed E-state index contributed by atoms with van der Waals surface area (Å²) in [6.45, 7) is 1.66. The number of hydrogen-bond donors (Lipinski definition) is 3. The molecule has 2 atom stereocenters. The van der Waals surface area contributed by atoms with Crippen molar-refractivity contribution in [2.24, 2.45) is 5.92 Å². The van der Waals surface area contributed by atoms with Crippen molar-refractivity contribution >= 4 is 11.6 Å². The minimum atomic E-state index is -0.169. The minimum absolute atomic E-state index is 0.0153. The van der Waals surface area contributed by atoms with Crippen LogP contribution in [0.4, 0.5) is 5.69 Å². The van der Waals surface area contributed by atoms with E-state index in [-0.39, 0.29) is 17.9 Å². The molecule has 3 N–H and O–H groups in total. The molecule has 2 unspecified atom stereocenters. The summed E-state index contributed by atoms with van der Waals surface area (Å²) in [6.07, 6.45) is 5.64. The van der Waals surface area contributed by atoms with Gasteiger partial charge < -0.3 is 9.88 Å². The Morgan fingerprint density at radius 2 is 1.90 bits per heavy atom. The van der Waals surface area contributed by atoms with Crippen LogP contribution < -0.4 is 16.2 Å². The second kappa shape index (κ2) is 7.81. The first kappa shape index (κ1) is 18.1. The van der Waals surface area contributed by atoms with Crippen LogP contribution in [0.15, 0.2) is 60.8 Å². The van der Waals surface area contributed by atoms with Gasteiger partial charge in [0.1, 0.15) is 5.82 Å². The van der Waals surface area contributed by atoms with Crippen molar-refractivity contribution in [3.8, 4) is 11.3 Å². The number of imidazole rings is 1. The quantitative estimate of drug-likeness (QED) is 0.642. The normalized spacial score (nSPS) is 21.0. The van der Waals surface area contributed by atoms with Gasteiger partial charge in [-0.2, -0.15) is 0 Å². The molecule has 6 nitrogen and oxygen atoms in total. The van der Waals surface area contributed by atoms with Crippen LogP contribution in [0.5, 0.6) is 0 Å². The predicted octanol–water partition coefficient (Wildman–Crippen LogP) is 3.29. The number of carbonyl (C=O) groups is 1. The van der Waals surface area contributed by atoms with Crippen LogP contribution in [0, 0.1) is 5.92 Å². The van der Waals surface area contributed by atoms with E-state index in [1.165, 1.54) is 18.7 Å². The molecule has 3 aromatic rings. The first-order valence-corrected chi connectivity index (χ1v) is 10.3. The van der Waals surface area contributed by atoms with Crippen LogP contribution in [-0.2, 0) is 17.8 Å². The van der Waals surface area contributed by atoms with Gasteiger partial charge in [0, 0.05) is 37.0 Å². The van der Waals surface area contributed by atoms with Crippen molar-refractivity contribution in [1.29, 1.82) is 0 Å². The molecule has 29 heavy (non-hydrogen) atoms. The standard InChI is InChI=1S/C23H25N5O/c29-23(19-14-24-27-22(19)17-6-2-1-3-7-17)25-18-11-9-16(10-12-18)20-15-28-13-5-4-8-21(28)26-20/h1-3,6-7,9-12,15,19,22,24,27H,4-5,8,13-14H2,(H,25,29). The van der Waals surface area contributed by atoms with Crippen molar-refractivity contribution in [3.05, 3.63) is 72.2 Å². The number of nitrogens with one attached hydrogen (secondary N) is 3. The van der Waals surface area contributed by atoms with Crippen molar-refractivity contribution in [3.63, 3.8) is 0 Å². The number of amides is 1. The number of rotatable bonds is 4. The van der Waals surface area contributed by atoms with Crippen molar-refractivity contribution in [2.75, 3.05) is 11.9 Å². The lowest BCUT2D eigenvalue weighted by atomic mass is 9.94. The summed E-state index contributed by atoms with van der Waals surface area (Å²) in [5.74, 6) is 1.02. The lowest BCUT2D eigenvalue weighted by Crippen LogP contribution is -2.29. The molecule has 6 heteroatoms. The molecule has 0 aliphatic carbocycles. The van der Waals surface area contributed by atoms with Crippen molar-refractivity contribution < 1.29 is 4.79 Å². The number of fused-ring (bicyclic) bond motifs is 1. The number of aromatic nitrogens is 2. The number of nitrogens with zero attached hydrogens (tertiary/aromatic N) is 2. The molecular formula is C23H25N5O. The molecule has 2 aliphatic rings. The molecule has 1 amide bonds. The van der Waals surface area contributed by atoms with Crippen LogP contribution in [0.3, 0.4) is 0 Å². The monoisotopic (exact) mass is 387 g/mol. The molecule has 0 bridgehead atoms. The Morgan fingerprint density at radius 1 is 1.07 bits per heavy atom. The van der Waals surface area contributed by atoms with Gasteiger partial charge in [-0.05, 0) is 30.5 Å². The molecule has 0 spiro atoms. The van der Waals surface area contributed by atoms with Gasteiger partial charge >= 0.3 is 0 Å². The smallest absolute Gasteiger partial charge is 0.230 e. The van der Waals surface area contributed by atoms with E-state index in [9.17, 15) is 4.79 Å². The summed E-state index contributed by atoms with van der Waals surface area (Å²) < 4.78 is 2.26. The molecule has 2 aliphatic heterocycles. The fourth-order valence-electron chi connectivity index (χ4n) is 4.23.